The maximum absolute atomic E-state index is 12.7. The summed E-state index contributed by atoms with van der Waals surface area (Å²) in [6.45, 7) is 0. The molecule has 1 fully saturated rings. The number of hydrogen-bond acceptors (Lipinski definition) is 5. The molecule has 0 bridgehead atoms. The van der Waals surface area contributed by atoms with Crippen molar-refractivity contribution in [2.24, 2.45) is 0 Å². The number of ether oxygens (including phenoxy) is 1. The van der Waals surface area contributed by atoms with Crippen LogP contribution < -0.4 is 4.74 Å². The maximum Gasteiger partial charge on any atom is 0.343 e. The van der Waals surface area contributed by atoms with E-state index in [0.717, 1.165) is 24.8 Å². The van der Waals surface area contributed by atoms with Crippen molar-refractivity contribution in [3.05, 3.63) is 107 Å². The lowest BCUT2D eigenvalue weighted by molar-refractivity contribution is 0.0116. The van der Waals surface area contributed by atoms with Crippen molar-refractivity contribution in [2.45, 2.75) is 37.7 Å². The molecule has 5 heteroatoms. The summed E-state index contributed by atoms with van der Waals surface area (Å²) in [5, 5.41) is 10.6. The highest BCUT2D eigenvalue weighted by Crippen LogP contribution is 2.31. The van der Waals surface area contributed by atoms with Crippen molar-refractivity contribution in [3.63, 3.8) is 0 Å². The van der Waals surface area contributed by atoms with Crippen LogP contribution in [0, 0.1) is 0 Å². The van der Waals surface area contributed by atoms with E-state index >= 15 is 0 Å². The van der Waals surface area contributed by atoms with Crippen LogP contribution in [0.5, 0.6) is 5.75 Å². The molecule has 3 aromatic carbocycles. The van der Waals surface area contributed by atoms with E-state index in [1.54, 1.807) is 66.7 Å². The molecule has 0 atom stereocenters. The molecule has 1 aliphatic rings. The zero-order chi connectivity index (χ0) is 24.0. The van der Waals surface area contributed by atoms with Gasteiger partial charge in [0.25, 0.3) is 0 Å². The Morgan fingerprint density at radius 1 is 0.735 bits per heavy atom. The lowest BCUT2D eigenvalue weighted by Gasteiger charge is -2.30. The zero-order valence-corrected chi connectivity index (χ0v) is 18.8. The second kappa shape index (κ2) is 10.4. The third-order valence-corrected chi connectivity index (χ3v) is 6.06. The van der Waals surface area contributed by atoms with Gasteiger partial charge in [0.05, 0.1) is 5.56 Å². The molecule has 1 aliphatic carbocycles. The predicted octanol–water partition coefficient (Wildman–Crippen LogP) is 5.68. The van der Waals surface area contributed by atoms with Gasteiger partial charge in [-0.15, -0.1) is 0 Å². The standard InChI is InChI=1S/C29H26O5/c30-26(22-7-3-1-4-8-22)18-11-21-9-12-24(13-10-21)28(32)34-25-16-14-23(15-17-25)27(31)29(33)19-5-2-6-20-29/h1,3-4,7-18,33H,2,5-6,19-20H2/b18-11+. The van der Waals surface area contributed by atoms with Gasteiger partial charge in [-0.05, 0) is 60.9 Å². The van der Waals surface area contributed by atoms with Crippen LogP contribution in [0.4, 0.5) is 0 Å². The van der Waals surface area contributed by atoms with Crippen LogP contribution >= 0.6 is 0 Å². The van der Waals surface area contributed by atoms with Crippen LogP contribution in [-0.4, -0.2) is 28.2 Å². The van der Waals surface area contributed by atoms with Gasteiger partial charge in [0.15, 0.2) is 11.6 Å². The monoisotopic (exact) mass is 454 g/mol. The first-order chi connectivity index (χ1) is 16.4. The minimum absolute atomic E-state index is 0.0957. The summed E-state index contributed by atoms with van der Waals surface area (Å²) in [5.41, 5.74) is 0.871. The van der Waals surface area contributed by atoms with Gasteiger partial charge < -0.3 is 9.84 Å². The van der Waals surface area contributed by atoms with Gasteiger partial charge in [-0.2, -0.15) is 0 Å². The maximum atomic E-state index is 12.7. The molecule has 0 heterocycles. The number of hydrogen-bond donors (Lipinski definition) is 1. The number of carbonyl (C=O) groups excluding carboxylic acids is 3. The molecule has 3 aromatic rings. The molecular weight excluding hydrogens is 428 g/mol. The number of allylic oxidation sites excluding steroid dienone is 1. The van der Waals surface area contributed by atoms with E-state index in [1.807, 2.05) is 18.2 Å². The van der Waals surface area contributed by atoms with E-state index in [4.69, 9.17) is 4.74 Å². The van der Waals surface area contributed by atoms with Crippen LogP contribution in [-0.2, 0) is 0 Å². The van der Waals surface area contributed by atoms with E-state index in [9.17, 15) is 19.5 Å². The average molecular weight is 455 g/mol. The molecule has 34 heavy (non-hydrogen) atoms. The Balaban J connectivity index is 1.36. The quantitative estimate of drug-likeness (QED) is 0.215. The fourth-order valence-electron chi connectivity index (χ4n) is 4.07. The van der Waals surface area contributed by atoms with Gasteiger partial charge in [0.2, 0.25) is 0 Å². The summed E-state index contributed by atoms with van der Waals surface area (Å²) in [6.07, 6.45) is 6.87. The molecule has 1 saturated carbocycles. The summed E-state index contributed by atoms with van der Waals surface area (Å²) in [6, 6.07) is 22.0. The fourth-order valence-corrected chi connectivity index (χ4v) is 4.07. The molecule has 1 N–H and O–H groups in total. The molecule has 0 amide bonds. The molecule has 172 valence electrons. The molecule has 0 spiro atoms. The van der Waals surface area contributed by atoms with Gasteiger partial charge in [-0.1, -0.05) is 67.8 Å². The Morgan fingerprint density at radius 3 is 2.00 bits per heavy atom. The molecule has 0 radical (unpaired) electrons. The molecular formula is C29H26O5. The van der Waals surface area contributed by atoms with Crippen molar-refractivity contribution >= 4 is 23.6 Å². The molecule has 5 nitrogen and oxygen atoms in total. The number of benzene rings is 3. The third-order valence-electron chi connectivity index (χ3n) is 6.06. The van der Waals surface area contributed by atoms with Gasteiger partial charge in [0.1, 0.15) is 11.4 Å². The van der Waals surface area contributed by atoms with Crippen LogP contribution in [0.1, 0.15) is 68.7 Å². The van der Waals surface area contributed by atoms with E-state index in [0.29, 0.717) is 35.3 Å². The summed E-state index contributed by atoms with van der Waals surface area (Å²) < 4.78 is 5.42. The number of carbonyl (C=O) groups is 3. The van der Waals surface area contributed by atoms with Crippen molar-refractivity contribution < 1.29 is 24.2 Å². The first-order valence-electron chi connectivity index (χ1n) is 11.4. The Labute approximate surface area is 198 Å². The Hall–Kier alpha value is -3.83. The Kier molecular flexibility index (Phi) is 7.14. The lowest BCUT2D eigenvalue weighted by atomic mass is 9.79. The number of ketones is 2. The number of aliphatic hydroxyl groups is 1. The number of rotatable bonds is 7. The van der Waals surface area contributed by atoms with Crippen LogP contribution in [0.15, 0.2) is 84.9 Å². The number of Topliss-reactive ketones (excluding diaryl/α,β-unsaturated/α-hetero) is 1. The van der Waals surface area contributed by atoms with E-state index < -0.39 is 11.6 Å². The largest absolute Gasteiger partial charge is 0.423 e. The van der Waals surface area contributed by atoms with Crippen LogP contribution in [0.2, 0.25) is 0 Å². The molecule has 4 rings (SSSR count). The second-order valence-corrected chi connectivity index (χ2v) is 8.52. The fraction of sp³-hybridized carbons (Fsp3) is 0.207. The molecule has 0 unspecified atom stereocenters. The van der Waals surface area contributed by atoms with Crippen molar-refractivity contribution in [1.82, 2.24) is 0 Å². The molecule has 0 saturated heterocycles. The minimum atomic E-state index is -1.29. The normalized spacial score (nSPS) is 15.1. The first-order valence-corrected chi connectivity index (χ1v) is 11.4. The highest BCUT2D eigenvalue weighted by Gasteiger charge is 2.37. The molecule has 0 aliphatic heterocycles. The zero-order valence-electron chi connectivity index (χ0n) is 18.8. The topological polar surface area (TPSA) is 80.7 Å². The number of esters is 1. The minimum Gasteiger partial charge on any atom is -0.423 e. The van der Waals surface area contributed by atoms with Crippen molar-refractivity contribution in [3.8, 4) is 5.75 Å². The van der Waals surface area contributed by atoms with Crippen LogP contribution in [0.25, 0.3) is 6.08 Å². The van der Waals surface area contributed by atoms with Gasteiger partial charge in [0, 0.05) is 11.1 Å². The Morgan fingerprint density at radius 2 is 1.35 bits per heavy atom. The van der Waals surface area contributed by atoms with E-state index in [-0.39, 0.29) is 11.6 Å². The highest BCUT2D eigenvalue weighted by molar-refractivity contribution is 6.06. The second-order valence-electron chi connectivity index (χ2n) is 8.52. The van der Waals surface area contributed by atoms with Crippen molar-refractivity contribution in [1.29, 1.82) is 0 Å². The van der Waals surface area contributed by atoms with E-state index in [1.165, 1.54) is 6.08 Å². The summed E-state index contributed by atoms with van der Waals surface area (Å²) in [5.74, 6) is -0.587. The molecule has 0 aromatic heterocycles. The summed E-state index contributed by atoms with van der Waals surface area (Å²) in [7, 11) is 0. The van der Waals surface area contributed by atoms with Crippen LogP contribution in [0.3, 0.4) is 0 Å². The smallest absolute Gasteiger partial charge is 0.343 e. The summed E-state index contributed by atoms with van der Waals surface area (Å²) in [4.78, 5) is 37.4. The van der Waals surface area contributed by atoms with Crippen molar-refractivity contribution in [2.75, 3.05) is 0 Å². The predicted molar refractivity (Wildman–Crippen MR) is 130 cm³/mol. The van der Waals surface area contributed by atoms with Gasteiger partial charge in [-0.3, -0.25) is 9.59 Å². The lowest BCUT2D eigenvalue weighted by Crippen LogP contribution is -2.40. The van der Waals surface area contributed by atoms with E-state index in [2.05, 4.69) is 0 Å². The SMILES string of the molecule is O=C(/C=C/c1ccc(C(=O)Oc2ccc(C(=O)C3(O)CCCCC3)cc2)cc1)c1ccccc1. The van der Waals surface area contributed by atoms with Gasteiger partial charge in [-0.25, -0.2) is 4.79 Å². The highest BCUT2D eigenvalue weighted by atomic mass is 16.5. The third kappa shape index (κ3) is 5.56. The van der Waals surface area contributed by atoms with Gasteiger partial charge >= 0.3 is 5.97 Å². The first kappa shape index (κ1) is 23.3. The summed E-state index contributed by atoms with van der Waals surface area (Å²) >= 11 is 0. The Bertz CT molecular complexity index is 1190. The average Bonchev–Trinajstić information content (AvgIpc) is 2.88.